The first-order valence-electron chi connectivity index (χ1n) is 8.23. The van der Waals surface area contributed by atoms with Gasteiger partial charge in [-0.25, -0.2) is 16.8 Å². The van der Waals surface area contributed by atoms with Crippen LogP contribution in [0.3, 0.4) is 0 Å². The van der Waals surface area contributed by atoms with Crippen molar-refractivity contribution in [3.8, 4) is 0 Å². The molecule has 2 N–H and O–H groups in total. The van der Waals surface area contributed by atoms with Gasteiger partial charge in [-0.15, -0.1) is 0 Å². The fourth-order valence-electron chi connectivity index (χ4n) is 2.60. The van der Waals surface area contributed by atoms with Gasteiger partial charge in [0.1, 0.15) is 0 Å². The molecule has 8 heteroatoms. The first-order valence-corrected chi connectivity index (χ1v) is 11.7. The van der Waals surface area contributed by atoms with E-state index >= 15 is 0 Å². The molecule has 0 aliphatic rings. The van der Waals surface area contributed by atoms with E-state index in [4.69, 9.17) is 5.73 Å². The molecule has 0 atom stereocenters. The molecule has 0 aliphatic carbocycles. The highest BCUT2D eigenvalue weighted by Crippen LogP contribution is 2.18. The zero-order valence-corrected chi connectivity index (χ0v) is 16.3. The van der Waals surface area contributed by atoms with Gasteiger partial charge < -0.3 is 5.73 Å². The predicted molar refractivity (Wildman–Crippen MR) is 103 cm³/mol. The summed E-state index contributed by atoms with van der Waals surface area (Å²) in [6, 6.07) is 15.6. The zero-order valence-electron chi connectivity index (χ0n) is 14.7. The molecule has 0 aromatic heterocycles. The van der Waals surface area contributed by atoms with E-state index in [9.17, 15) is 16.8 Å². The molecule has 0 saturated carbocycles. The molecule has 0 bridgehead atoms. The van der Waals surface area contributed by atoms with Crippen molar-refractivity contribution in [2.75, 3.05) is 25.9 Å². The van der Waals surface area contributed by atoms with Crippen molar-refractivity contribution >= 4 is 19.9 Å². The average molecular weight is 397 g/mol. The van der Waals surface area contributed by atoms with Gasteiger partial charge in [-0.05, 0) is 29.7 Å². The molecule has 2 aromatic carbocycles. The Morgan fingerprint density at radius 2 is 1.46 bits per heavy atom. The van der Waals surface area contributed by atoms with Gasteiger partial charge in [0.15, 0.2) is 9.84 Å². The number of nitrogens with zero attached hydrogens (tertiary/aromatic N) is 1. The highest BCUT2D eigenvalue weighted by molar-refractivity contribution is 7.90. The summed E-state index contributed by atoms with van der Waals surface area (Å²) in [4.78, 5) is 0.135. The Labute approximate surface area is 155 Å². The maximum atomic E-state index is 12.9. The Bertz CT molecular complexity index is 909. The summed E-state index contributed by atoms with van der Waals surface area (Å²) >= 11 is 0. The highest BCUT2D eigenvalue weighted by Gasteiger charge is 2.23. The van der Waals surface area contributed by atoms with Crippen molar-refractivity contribution < 1.29 is 16.8 Å². The minimum Gasteiger partial charge on any atom is -0.329 e. The summed E-state index contributed by atoms with van der Waals surface area (Å²) in [5, 5.41) is 0. The van der Waals surface area contributed by atoms with Crippen LogP contribution in [0.2, 0.25) is 0 Å². The van der Waals surface area contributed by atoms with E-state index in [2.05, 4.69) is 0 Å². The van der Waals surface area contributed by atoms with Gasteiger partial charge in [-0.3, -0.25) is 0 Å². The van der Waals surface area contributed by atoms with Crippen LogP contribution in [0.15, 0.2) is 59.5 Å². The number of sulfonamides is 1. The van der Waals surface area contributed by atoms with Crippen molar-refractivity contribution in [1.29, 1.82) is 0 Å². The molecular formula is C18H24N2O4S2. The summed E-state index contributed by atoms with van der Waals surface area (Å²) in [6.45, 7) is 0.773. The molecule has 0 aliphatic heterocycles. The van der Waals surface area contributed by atoms with Crippen LogP contribution in [-0.2, 0) is 32.0 Å². The van der Waals surface area contributed by atoms with Crippen LogP contribution in [-0.4, -0.2) is 47.0 Å². The summed E-state index contributed by atoms with van der Waals surface area (Å²) < 4.78 is 49.9. The maximum Gasteiger partial charge on any atom is 0.243 e. The number of hydrogen-bond acceptors (Lipinski definition) is 5. The van der Waals surface area contributed by atoms with Crippen molar-refractivity contribution in [2.24, 2.45) is 5.73 Å². The lowest BCUT2D eigenvalue weighted by molar-refractivity contribution is 0.421. The van der Waals surface area contributed by atoms with Crippen LogP contribution in [0.25, 0.3) is 0 Å². The largest absolute Gasteiger partial charge is 0.329 e. The van der Waals surface area contributed by atoms with E-state index < -0.39 is 19.9 Å². The first-order chi connectivity index (χ1) is 12.2. The molecule has 0 fully saturated rings. The Balaban J connectivity index is 2.17. The number of benzene rings is 2. The summed E-state index contributed by atoms with van der Waals surface area (Å²) in [7, 11) is -6.86. The summed E-state index contributed by atoms with van der Waals surface area (Å²) in [5.41, 5.74) is 7.20. The zero-order chi connectivity index (χ0) is 19.2. The molecule has 0 saturated heterocycles. The number of rotatable bonds is 9. The van der Waals surface area contributed by atoms with Gasteiger partial charge in [-0.2, -0.15) is 4.31 Å². The molecule has 2 aromatic rings. The van der Waals surface area contributed by atoms with E-state index in [1.165, 1.54) is 28.6 Å². The van der Waals surface area contributed by atoms with Crippen LogP contribution in [0, 0.1) is 0 Å². The second kappa shape index (κ2) is 8.77. The van der Waals surface area contributed by atoms with Crippen LogP contribution < -0.4 is 5.73 Å². The van der Waals surface area contributed by atoms with E-state index in [1.807, 2.05) is 30.3 Å². The fourth-order valence-corrected chi connectivity index (χ4v) is 4.86. The Morgan fingerprint density at radius 1 is 0.846 bits per heavy atom. The second-order valence-corrected chi connectivity index (χ2v) is 10.2. The lowest BCUT2D eigenvalue weighted by Gasteiger charge is -2.21. The third-order valence-electron chi connectivity index (χ3n) is 3.86. The highest BCUT2D eigenvalue weighted by atomic mass is 32.2. The van der Waals surface area contributed by atoms with Crippen LogP contribution in [0.5, 0.6) is 0 Å². The third kappa shape index (κ3) is 5.91. The van der Waals surface area contributed by atoms with Crippen LogP contribution in [0.4, 0.5) is 0 Å². The summed E-state index contributed by atoms with van der Waals surface area (Å²) in [5.74, 6) is -0.117. The maximum absolute atomic E-state index is 12.9. The quantitative estimate of drug-likeness (QED) is 0.691. The molecule has 0 radical (unpaired) electrons. The van der Waals surface area contributed by atoms with Crippen molar-refractivity contribution in [3.05, 3.63) is 65.7 Å². The molecule has 0 unspecified atom stereocenters. The monoisotopic (exact) mass is 396 g/mol. The normalized spacial score (nSPS) is 12.4. The molecular weight excluding hydrogens is 372 g/mol. The van der Waals surface area contributed by atoms with Crippen molar-refractivity contribution in [1.82, 2.24) is 4.31 Å². The van der Waals surface area contributed by atoms with Gasteiger partial charge in [0, 0.05) is 25.9 Å². The fraction of sp³-hybridized carbons (Fsp3) is 0.333. The smallest absolute Gasteiger partial charge is 0.243 e. The predicted octanol–water partition coefficient (Wildman–Crippen LogP) is 1.42. The summed E-state index contributed by atoms with van der Waals surface area (Å²) in [6.07, 6.45) is 1.73. The first kappa shape index (κ1) is 20.6. The second-order valence-electron chi connectivity index (χ2n) is 6.14. The molecule has 0 heterocycles. The minimum atomic E-state index is -3.69. The van der Waals surface area contributed by atoms with Gasteiger partial charge in [0.05, 0.1) is 10.6 Å². The Hall–Kier alpha value is -1.74. The molecule has 0 spiro atoms. The SMILES string of the molecule is CS(=O)(=O)Cc1ccc(S(=O)(=O)N(CCN)CCc2ccccc2)cc1. The van der Waals surface area contributed by atoms with E-state index in [1.54, 1.807) is 0 Å². The average Bonchev–Trinajstić information content (AvgIpc) is 2.58. The molecule has 6 nitrogen and oxygen atoms in total. The van der Waals surface area contributed by atoms with Crippen LogP contribution in [0.1, 0.15) is 11.1 Å². The lowest BCUT2D eigenvalue weighted by Crippen LogP contribution is -2.36. The van der Waals surface area contributed by atoms with Gasteiger partial charge >= 0.3 is 0 Å². The molecule has 2 rings (SSSR count). The van der Waals surface area contributed by atoms with E-state index in [0.29, 0.717) is 18.5 Å². The van der Waals surface area contributed by atoms with Gasteiger partial charge in [-0.1, -0.05) is 42.5 Å². The molecule has 0 amide bonds. The lowest BCUT2D eigenvalue weighted by atomic mass is 10.1. The Morgan fingerprint density at radius 3 is 2.00 bits per heavy atom. The molecule has 26 heavy (non-hydrogen) atoms. The van der Waals surface area contributed by atoms with E-state index in [-0.39, 0.29) is 23.7 Å². The van der Waals surface area contributed by atoms with Crippen molar-refractivity contribution in [3.63, 3.8) is 0 Å². The topological polar surface area (TPSA) is 97.5 Å². The van der Waals surface area contributed by atoms with Crippen LogP contribution >= 0.6 is 0 Å². The van der Waals surface area contributed by atoms with Crippen molar-refractivity contribution in [2.45, 2.75) is 17.1 Å². The van der Waals surface area contributed by atoms with E-state index in [0.717, 1.165) is 11.8 Å². The standard InChI is InChI=1S/C18H24N2O4S2/c1-25(21,22)15-17-7-9-18(10-8-17)26(23,24)20(14-12-19)13-11-16-5-3-2-4-6-16/h2-10H,11-15,19H2,1H3. The Kier molecular flexibility index (Phi) is 6.94. The van der Waals surface area contributed by atoms with Gasteiger partial charge in [0.25, 0.3) is 0 Å². The third-order valence-corrected chi connectivity index (χ3v) is 6.63. The molecule has 142 valence electrons. The van der Waals surface area contributed by atoms with Gasteiger partial charge in [0.2, 0.25) is 10.0 Å². The number of hydrogen-bond donors (Lipinski definition) is 1. The minimum absolute atomic E-state index is 0.117. The number of sulfone groups is 1. The number of nitrogens with two attached hydrogens (primary N) is 1.